The maximum absolute atomic E-state index is 12.9. The predicted molar refractivity (Wildman–Crippen MR) is 101 cm³/mol. The zero-order chi connectivity index (χ0) is 20.3. The van der Waals surface area contributed by atoms with Crippen molar-refractivity contribution in [3.63, 3.8) is 0 Å². The van der Waals surface area contributed by atoms with E-state index >= 15 is 0 Å². The number of aliphatic carboxylic acids is 1. The fraction of sp³-hybridized carbons (Fsp3) is 0.190. The van der Waals surface area contributed by atoms with Gasteiger partial charge in [-0.05, 0) is 17.7 Å². The van der Waals surface area contributed by atoms with E-state index in [1.54, 1.807) is 12.3 Å². The number of halogens is 3. The Balaban J connectivity index is 1.91. The summed E-state index contributed by atoms with van der Waals surface area (Å²) in [6.07, 6.45) is -0.993. The number of benzene rings is 2. The lowest BCUT2D eigenvalue weighted by atomic mass is 10.0. The molecule has 1 atom stereocenters. The van der Waals surface area contributed by atoms with E-state index < -0.39 is 23.8 Å². The molecule has 0 bridgehead atoms. The number of alkyl halides is 3. The Kier molecular flexibility index (Phi) is 5.56. The Morgan fingerprint density at radius 2 is 1.96 bits per heavy atom. The Bertz CT molecular complexity index is 1010. The molecule has 146 valence electrons. The van der Waals surface area contributed by atoms with Crippen molar-refractivity contribution < 1.29 is 23.1 Å². The highest BCUT2D eigenvalue weighted by atomic mass is 19.4. The van der Waals surface area contributed by atoms with E-state index in [2.05, 4.69) is 11.9 Å². The number of carbonyl (C=O) groups is 1. The lowest BCUT2D eigenvalue weighted by Crippen LogP contribution is -2.28. The van der Waals surface area contributed by atoms with Crippen LogP contribution in [0.2, 0.25) is 0 Å². The average molecular weight is 388 g/mol. The normalized spacial score (nSPS) is 12.8. The highest BCUT2D eigenvalue weighted by molar-refractivity contribution is 5.89. The van der Waals surface area contributed by atoms with E-state index in [1.807, 2.05) is 28.8 Å². The minimum atomic E-state index is -4.44. The summed E-state index contributed by atoms with van der Waals surface area (Å²) in [6, 6.07) is 11.2. The summed E-state index contributed by atoms with van der Waals surface area (Å²) in [5, 5.41) is 13.4. The molecule has 0 aliphatic carbocycles. The van der Waals surface area contributed by atoms with Crippen LogP contribution in [-0.4, -0.2) is 15.6 Å². The number of hydrogen-bond donors (Lipinski definition) is 2. The molecule has 7 heteroatoms. The van der Waals surface area contributed by atoms with Gasteiger partial charge in [0.15, 0.2) is 0 Å². The molecule has 1 unspecified atom stereocenters. The largest absolute Gasteiger partial charge is 0.480 e. The number of rotatable bonds is 7. The van der Waals surface area contributed by atoms with Gasteiger partial charge in [-0.1, -0.05) is 42.5 Å². The van der Waals surface area contributed by atoms with Crippen LogP contribution < -0.4 is 5.32 Å². The van der Waals surface area contributed by atoms with Crippen molar-refractivity contribution >= 4 is 16.9 Å². The van der Waals surface area contributed by atoms with E-state index in [4.69, 9.17) is 0 Å². The van der Waals surface area contributed by atoms with E-state index in [0.717, 1.165) is 23.0 Å². The van der Waals surface area contributed by atoms with Crippen molar-refractivity contribution in [1.82, 2.24) is 9.88 Å². The summed E-state index contributed by atoms with van der Waals surface area (Å²) in [5.41, 5.74) is 1.01. The molecule has 3 aromatic rings. The number of carboxylic acids is 1. The quantitative estimate of drug-likeness (QED) is 0.574. The topological polar surface area (TPSA) is 54.3 Å². The first-order chi connectivity index (χ1) is 13.3. The second-order valence-electron chi connectivity index (χ2n) is 6.39. The molecular weight excluding hydrogens is 369 g/mol. The van der Waals surface area contributed by atoms with Crippen LogP contribution in [0.15, 0.2) is 67.4 Å². The standard InChI is InChI=1S/C21H19F3N2O2/c1-2-10-26-13-17(16-8-3-4-9-18(16)26)19(20(27)28)25-12-14-6-5-7-15(11-14)21(22,23)24/h2-9,11,13,19,25H,1,10,12H2,(H,27,28). The molecule has 1 heterocycles. The lowest BCUT2D eigenvalue weighted by molar-refractivity contribution is -0.140. The molecule has 0 radical (unpaired) electrons. The van der Waals surface area contributed by atoms with Crippen molar-refractivity contribution in [1.29, 1.82) is 0 Å². The van der Waals surface area contributed by atoms with Crippen molar-refractivity contribution in [3.05, 3.63) is 84.1 Å². The second kappa shape index (κ2) is 7.90. The van der Waals surface area contributed by atoms with Crippen LogP contribution in [0, 0.1) is 0 Å². The number of fused-ring (bicyclic) bond motifs is 1. The van der Waals surface area contributed by atoms with Crippen LogP contribution in [0.4, 0.5) is 13.2 Å². The van der Waals surface area contributed by atoms with Crippen LogP contribution in [-0.2, 0) is 24.1 Å². The first-order valence-corrected chi connectivity index (χ1v) is 8.62. The summed E-state index contributed by atoms with van der Waals surface area (Å²) >= 11 is 0. The van der Waals surface area contributed by atoms with Crippen LogP contribution in [0.3, 0.4) is 0 Å². The first-order valence-electron chi connectivity index (χ1n) is 8.62. The zero-order valence-electron chi connectivity index (χ0n) is 14.9. The van der Waals surface area contributed by atoms with E-state index in [9.17, 15) is 23.1 Å². The molecule has 2 aromatic carbocycles. The number of nitrogens with one attached hydrogen (secondary N) is 1. The number of hydrogen-bond acceptors (Lipinski definition) is 2. The van der Waals surface area contributed by atoms with Gasteiger partial charge in [-0.3, -0.25) is 10.1 Å². The molecule has 1 aromatic heterocycles. The number of allylic oxidation sites excluding steroid dienone is 1. The summed E-state index contributed by atoms with van der Waals surface area (Å²) < 4.78 is 40.5. The molecule has 0 amide bonds. The minimum Gasteiger partial charge on any atom is -0.480 e. The minimum absolute atomic E-state index is 0.0121. The van der Waals surface area contributed by atoms with Crippen molar-refractivity contribution in [3.8, 4) is 0 Å². The SMILES string of the molecule is C=CCn1cc(C(NCc2cccc(C(F)(F)F)c2)C(=O)O)c2ccccc21. The van der Waals surface area contributed by atoms with Gasteiger partial charge in [0.2, 0.25) is 0 Å². The summed E-state index contributed by atoms with van der Waals surface area (Å²) in [4.78, 5) is 11.9. The van der Waals surface area contributed by atoms with Crippen molar-refractivity contribution in [2.24, 2.45) is 0 Å². The molecular formula is C21H19F3N2O2. The molecule has 0 aliphatic heterocycles. The Morgan fingerprint density at radius 1 is 1.21 bits per heavy atom. The van der Waals surface area contributed by atoms with Gasteiger partial charge in [0.25, 0.3) is 0 Å². The smallest absolute Gasteiger partial charge is 0.416 e. The highest BCUT2D eigenvalue weighted by Gasteiger charge is 2.30. The third kappa shape index (κ3) is 4.09. The highest BCUT2D eigenvalue weighted by Crippen LogP contribution is 2.30. The van der Waals surface area contributed by atoms with Gasteiger partial charge in [0.05, 0.1) is 5.56 Å². The first kappa shape index (κ1) is 19.7. The summed E-state index contributed by atoms with van der Waals surface area (Å²) in [6.45, 7) is 4.21. The van der Waals surface area contributed by atoms with Crippen molar-refractivity contribution in [2.45, 2.75) is 25.3 Å². The van der Waals surface area contributed by atoms with Crippen LogP contribution in [0.1, 0.15) is 22.7 Å². The fourth-order valence-corrected chi connectivity index (χ4v) is 3.20. The molecule has 0 fully saturated rings. The third-order valence-electron chi connectivity index (χ3n) is 4.47. The van der Waals surface area contributed by atoms with Crippen molar-refractivity contribution in [2.75, 3.05) is 0 Å². The Morgan fingerprint density at radius 3 is 2.64 bits per heavy atom. The molecule has 28 heavy (non-hydrogen) atoms. The number of nitrogens with zero attached hydrogens (tertiary/aromatic N) is 1. The van der Waals surface area contributed by atoms with Gasteiger partial charge in [-0.25, -0.2) is 0 Å². The average Bonchev–Trinajstić information content (AvgIpc) is 3.00. The lowest BCUT2D eigenvalue weighted by Gasteiger charge is -2.15. The molecule has 2 N–H and O–H groups in total. The molecule has 4 nitrogen and oxygen atoms in total. The number of aromatic nitrogens is 1. The maximum atomic E-state index is 12.9. The Labute approximate surface area is 159 Å². The molecule has 0 saturated carbocycles. The molecule has 0 aliphatic rings. The molecule has 0 spiro atoms. The predicted octanol–water partition coefficient (Wildman–Crippen LogP) is 4.76. The van der Waals surface area contributed by atoms with E-state index in [-0.39, 0.29) is 6.54 Å². The van der Waals surface area contributed by atoms with Gasteiger partial charge >= 0.3 is 12.1 Å². The monoisotopic (exact) mass is 388 g/mol. The summed E-state index contributed by atoms with van der Waals surface area (Å²) in [7, 11) is 0. The van der Waals surface area contributed by atoms with Gasteiger partial charge < -0.3 is 9.67 Å². The summed E-state index contributed by atoms with van der Waals surface area (Å²) in [5.74, 6) is -1.10. The number of carboxylic acid groups (broad SMARTS) is 1. The number of para-hydroxylation sites is 1. The van der Waals surface area contributed by atoms with Gasteiger partial charge in [-0.2, -0.15) is 13.2 Å². The van der Waals surface area contributed by atoms with Crippen LogP contribution in [0.25, 0.3) is 10.9 Å². The Hall–Kier alpha value is -3.06. The van der Waals surface area contributed by atoms with Gasteiger partial charge in [0.1, 0.15) is 6.04 Å². The van der Waals surface area contributed by atoms with Crippen LogP contribution in [0.5, 0.6) is 0 Å². The fourth-order valence-electron chi connectivity index (χ4n) is 3.20. The zero-order valence-corrected chi connectivity index (χ0v) is 14.9. The van der Waals surface area contributed by atoms with Gasteiger partial charge in [0, 0.05) is 35.8 Å². The maximum Gasteiger partial charge on any atom is 0.416 e. The van der Waals surface area contributed by atoms with Crippen LogP contribution >= 0.6 is 0 Å². The second-order valence-corrected chi connectivity index (χ2v) is 6.39. The van der Waals surface area contributed by atoms with E-state index in [1.165, 1.54) is 12.1 Å². The molecule has 0 saturated heterocycles. The van der Waals surface area contributed by atoms with E-state index in [0.29, 0.717) is 17.7 Å². The molecule has 3 rings (SSSR count). The third-order valence-corrected chi connectivity index (χ3v) is 4.47. The van der Waals surface area contributed by atoms with Gasteiger partial charge in [-0.15, -0.1) is 6.58 Å².